The van der Waals surface area contributed by atoms with Crippen molar-refractivity contribution in [1.82, 2.24) is 4.98 Å². The van der Waals surface area contributed by atoms with Crippen LogP contribution in [0.5, 0.6) is 0 Å². The molecule has 2 atom stereocenters. The molecule has 0 spiro atoms. The first-order chi connectivity index (χ1) is 9.54. The van der Waals surface area contributed by atoms with Gasteiger partial charge in [-0.15, -0.1) is 0 Å². The van der Waals surface area contributed by atoms with Crippen molar-refractivity contribution >= 4 is 11.8 Å². The van der Waals surface area contributed by atoms with Gasteiger partial charge in [-0.25, -0.2) is 9.78 Å². The third-order valence-corrected chi connectivity index (χ3v) is 4.10. The van der Waals surface area contributed by atoms with Gasteiger partial charge >= 0.3 is 5.97 Å². The van der Waals surface area contributed by atoms with E-state index in [4.69, 9.17) is 5.11 Å². The number of carboxylic acids is 1. The quantitative estimate of drug-likeness (QED) is 0.860. The molecule has 0 amide bonds. The predicted octanol–water partition coefficient (Wildman–Crippen LogP) is 3.72. The number of rotatable bonds is 5. The lowest BCUT2D eigenvalue weighted by Crippen LogP contribution is -2.17. The molecule has 1 aliphatic carbocycles. The van der Waals surface area contributed by atoms with Crippen LogP contribution in [-0.4, -0.2) is 22.6 Å². The Balaban J connectivity index is 1.86. The summed E-state index contributed by atoms with van der Waals surface area (Å²) in [6, 6.07) is 3.20. The molecule has 4 heteroatoms. The van der Waals surface area contributed by atoms with E-state index in [0.717, 1.165) is 30.5 Å². The van der Waals surface area contributed by atoms with E-state index in [1.54, 1.807) is 12.1 Å². The number of nitrogens with one attached hydrogen (secondary N) is 1. The molecule has 1 fully saturated rings. The van der Waals surface area contributed by atoms with Crippen molar-refractivity contribution in [2.45, 2.75) is 46.0 Å². The smallest absolute Gasteiger partial charge is 0.335 e. The van der Waals surface area contributed by atoms with Crippen LogP contribution >= 0.6 is 0 Å². The molecule has 2 unspecified atom stereocenters. The van der Waals surface area contributed by atoms with Crippen LogP contribution in [0.2, 0.25) is 0 Å². The summed E-state index contributed by atoms with van der Waals surface area (Å²) in [5, 5.41) is 12.3. The first kappa shape index (κ1) is 14.8. The van der Waals surface area contributed by atoms with E-state index < -0.39 is 5.97 Å². The first-order valence-corrected chi connectivity index (χ1v) is 7.50. The van der Waals surface area contributed by atoms with Gasteiger partial charge in [0.25, 0.3) is 0 Å². The lowest BCUT2D eigenvalue weighted by atomic mass is 9.81. The van der Waals surface area contributed by atoms with Crippen LogP contribution in [0.15, 0.2) is 12.1 Å². The maximum Gasteiger partial charge on any atom is 0.335 e. The fourth-order valence-corrected chi connectivity index (χ4v) is 3.11. The van der Waals surface area contributed by atoms with Crippen LogP contribution in [0, 0.1) is 18.8 Å². The number of aromatic carboxylic acids is 1. The third-order valence-electron chi connectivity index (χ3n) is 4.10. The van der Waals surface area contributed by atoms with Crippen molar-refractivity contribution in [1.29, 1.82) is 0 Å². The number of aryl methyl sites for hydroxylation is 1. The summed E-state index contributed by atoms with van der Waals surface area (Å²) in [6.07, 6.45) is 6.50. The molecule has 1 heterocycles. The summed E-state index contributed by atoms with van der Waals surface area (Å²) >= 11 is 0. The van der Waals surface area contributed by atoms with Crippen LogP contribution in [0.25, 0.3) is 0 Å². The molecule has 0 aromatic carbocycles. The van der Waals surface area contributed by atoms with E-state index in [-0.39, 0.29) is 0 Å². The fourth-order valence-electron chi connectivity index (χ4n) is 3.11. The molecule has 0 saturated heterocycles. The highest BCUT2D eigenvalue weighted by atomic mass is 16.4. The minimum absolute atomic E-state index is 0.297. The van der Waals surface area contributed by atoms with E-state index in [1.807, 2.05) is 6.92 Å². The molecular weight excluding hydrogens is 252 g/mol. The van der Waals surface area contributed by atoms with Gasteiger partial charge in [0.2, 0.25) is 0 Å². The number of nitrogens with zero attached hydrogens (tertiary/aromatic N) is 1. The Morgan fingerprint density at radius 1 is 1.45 bits per heavy atom. The van der Waals surface area contributed by atoms with Crippen molar-refractivity contribution in [3.8, 4) is 0 Å². The minimum Gasteiger partial charge on any atom is -0.478 e. The SMILES string of the molecule is Cc1cc(C(=O)O)cc(NCCC2CCCC(C)C2)n1. The third kappa shape index (κ3) is 4.22. The van der Waals surface area contributed by atoms with Crippen LogP contribution in [-0.2, 0) is 0 Å². The highest BCUT2D eigenvalue weighted by Gasteiger charge is 2.18. The van der Waals surface area contributed by atoms with Crippen molar-refractivity contribution in [3.63, 3.8) is 0 Å². The number of hydrogen-bond acceptors (Lipinski definition) is 3. The molecule has 0 aliphatic heterocycles. The Hall–Kier alpha value is -1.58. The van der Waals surface area contributed by atoms with Gasteiger partial charge in [-0.1, -0.05) is 26.2 Å². The van der Waals surface area contributed by atoms with Crippen molar-refractivity contribution in [2.24, 2.45) is 11.8 Å². The van der Waals surface area contributed by atoms with Gasteiger partial charge in [-0.3, -0.25) is 0 Å². The number of aromatic nitrogens is 1. The molecule has 1 aromatic rings. The van der Waals surface area contributed by atoms with Gasteiger partial charge in [-0.05, 0) is 43.7 Å². The van der Waals surface area contributed by atoms with Crippen LogP contribution in [0.1, 0.15) is 55.1 Å². The normalized spacial score (nSPS) is 22.5. The molecule has 1 aromatic heterocycles. The van der Waals surface area contributed by atoms with Gasteiger partial charge in [0.15, 0.2) is 0 Å². The Kier molecular flexibility index (Phi) is 4.99. The maximum atomic E-state index is 11.0. The Morgan fingerprint density at radius 3 is 2.95 bits per heavy atom. The highest BCUT2D eigenvalue weighted by molar-refractivity contribution is 5.88. The van der Waals surface area contributed by atoms with E-state index in [1.165, 1.54) is 25.7 Å². The maximum absolute atomic E-state index is 11.0. The largest absolute Gasteiger partial charge is 0.478 e. The summed E-state index contributed by atoms with van der Waals surface area (Å²) in [5.41, 5.74) is 1.03. The first-order valence-electron chi connectivity index (χ1n) is 7.50. The lowest BCUT2D eigenvalue weighted by Gasteiger charge is -2.26. The van der Waals surface area contributed by atoms with E-state index in [9.17, 15) is 4.79 Å². The summed E-state index contributed by atoms with van der Waals surface area (Å²) in [5.74, 6) is 1.42. The average molecular weight is 276 g/mol. The average Bonchev–Trinajstić information content (AvgIpc) is 2.38. The zero-order chi connectivity index (χ0) is 14.5. The van der Waals surface area contributed by atoms with Crippen molar-refractivity contribution < 1.29 is 9.90 Å². The number of pyridine rings is 1. The number of carbonyl (C=O) groups is 1. The van der Waals surface area contributed by atoms with Crippen molar-refractivity contribution in [3.05, 3.63) is 23.4 Å². The van der Waals surface area contributed by atoms with Gasteiger partial charge in [0.05, 0.1) is 5.56 Å². The zero-order valence-electron chi connectivity index (χ0n) is 12.4. The molecule has 20 heavy (non-hydrogen) atoms. The molecule has 1 aliphatic rings. The second-order valence-electron chi connectivity index (χ2n) is 6.04. The molecule has 110 valence electrons. The van der Waals surface area contributed by atoms with E-state index in [0.29, 0.717) is 11.4 Å². The van der Waals surface area contributed by atoms with Gasteiger partial charge in [0.1, 0.15) is 5.82 Å². The number of hydrogen-bond donors (Lipinski definition) is 2. The molecule has 2 rings (SSSR count). The highest BCUT2D eigenvalue weighted by Crippen LogP contribution is 2.30. The summed E-state index contributed by atoms with van der Waals surface area (Å²) < 4.78 is 0. The summed E-state index contributed by atoms with van der Waals surface area (Å²) in [4.78, 5) is 15.3. The predicted molar refractivity (Wildman–Crippen MR) is 80.2 cm³/mol. The summed E-state index contributed by atoms with van der Waals surface area (Å²) in [6.45, 7) is 5.02. The second kappa shape index (κ2) is 6.73. The lowest BCUT2D eigenvalue weighted by molar-refractivity contribution is 0.0696. The Morgan fingerprint density at radius 2 is 2.25 bits per heavy atom. The standard InChI is InChI=1S/C16H24N2O2/c1-11-4-3-5-13(8-11)6-7-17-15-10-14(16(19)20)9-12(2)18-15/h9-11,13H,3-8H2,1-2H3,(H,17,18)(H,19,20). The Labute approximate surface area is 120 Å². The Bertz CT molecular complexity index is 474. The van der Waals surface area contributed by atoms with Gasteiger partial charge in [0, 0.05) is 12.2 Å². The van der Waals surface area contributed by atoms with Gasteiger partial charge in [-0.2, -0.15) is 0 Å². The topological polar surface area (TPSA) is 62.2 Å². The fraction of sp³-hybridized carbons (Fsp3) is 0.625. The second-order valence-corrected chi connectivity index (χ2v) is 6.04. The minimum atomic E-state index is -0.903. The molecular formula is C16H24N2O2. The molecule has 0 bridgehead atoms. The van der Waals surface area contributed by atoms with Crippen LogP contribution in [0.4, 0.5) is 5.82 Å². The van der Waals surface area contributed by atoms with E-state index in [2.05, 4.69) is 17.2 Å². The molecule has 2 N–H and O–H groups in total. The molecule has 4 nitrogen and oxygen atoms in total. The number of anilines is 1. The van der Waals surface area contributed by atoms with Crippen LogP contribution in [0.3, 0.4) is 0 Å². The number of carboxylic acid groups (broad SMARTS) is 1. The zero-order valence-corrected chi connectivity index (χ0v) is 12.4. The van der Waals surface area contributed by atoms with Gasteiger partial charge < -0.3 is 10.4 Å². The molecule has 1 saturated carbocycles. The van der Waals surface area contributed by atoms with Crippen molar-refractivity contribution in [2.75, 3.05) is 11.9 Å². The summed E-state index contributed by atoms with van der Waals surface area (Å²) in [7, 11) is 0. The molecule has 0 radical (unpaired) electrons. The monoisotopic (exact) mass is 276 g/mol. The van der Waals surface area contributed by atoms with E-state index >= 15 is 0 Å². The van der Waals surface area contributed by atoms with Crippen LogP contribution < -0.4 is 5.32 Å².